The molecule has 2 heterocycles. The molecule has 0 amide bonds. The zero-order chi connectivity index (χ0) is 19.2. The fourth-order valence-corrected chi connectivity index (χ4v) is 6.03. The van der Waals surface area contributed by atoms with E-state index in [9.17, 15) is 13.2 Å². The summed E-state index contributed by atoms with van der Waals surface area (Å²) in [7, 11) is -3.72. The summed E-state index contributed by atoms with van der Waals surface area (Å²) < 4.78 is 33.2. The number of aryl methyl sites for hydroxylation is 1. The van der Waals surface area contributed by atoms with Crippen molar-refractivity contribution in [2.24, 2.45) is 0 Å². The highest BCUT2D eigenvalue weighted by molar-refractivity contribution is 7.89. The zero-order valence-electron chi connectivity index (χ0n) is 15.3. The van der Waals surface area contributed by atoms with E-state index in [4.69, 9.17) is 4.74 Å². The third-order valence-corrected chi connectivity index (χ3v) is 7.28. The highest BCUT2D eigenvalue weighted by Crippen LogP contribution is 2.52. The van der Waals surface area contributed by atoms with Crippen molar-refractivity contribution >= 4 is 16.0 Å². The van der Waals surface area contributed by atoms with E-state index >= 15 is 0 Å². The molecule has 1 atom stereocenters. The zero-order valence-corrected chi connectivity index (χ0v) is 16.1. The monoisotopic (exact) mass is 383 g/mol. The van der Waals surface area contributed by atoms with Gasteiger partial charge >= 0.3 is 5.97 Å². The van der Waals surface area contributed by atoms with Crippen LogP contribution in [0.4, 0.5) is 0 Å². The van der Waals surface area contributed by atoms with Crippen LogP contribution in [0.5, 0.6) is 0 Å². The number of hydrogen-bond acceptors (Lipinski definition) is 4. The smallest absolute Gasteiger partial charge is 0.335 e. The van der Waals surface area contributed by atoms with Crippen LogP contribution in [-0.4, -0.2) is 31.8 Å². The molecule has 0 saturated carbocycles. The van der Waals surface area contributed by atoms with Crippen LogP contribution in [0.15, 0.2) is 65.1 Å². The average molecular weight is 383 g/mol. The molecule has 0 spiro atoms. The summed E-state index contributed by atoms with van der Waals surface area (Å²) in [6.45, 7) is 3.99. The van der Waals surface area contributed by atoms with E-state index in [1.54, 1.807) is 19.1 Å². The van der Waals surface area contributed by atoms with Crippen molar-refractivity contribution in [2.75, 3.05) is 13.2 Å². The standard InChI is InChI=1S/C21H21NO4S/c1-3-26-20(23)16-12-13-21(17-10-8-15(2)9-11-17)18-6-4-5-7-19(18)27(24,25)22(21)14-16/h4-12H,3,13-14H2,1-2H3. The first-order chi connectivity index (χ1) is 12.9. The van der Waals surface area contributed by atoms with Crippen LogP contribution in [-0.2, 0) is 25.1 Å². The Hall–Kier alpha value is -2.44. The van der Waals surface area contributed by atoms with Crippen LogP contribution in [0.3, 0.4) is 0 Å². The second kappa shape index (κ2) is 6.32. The first-order valence-corrected chi connectivity index (χ1v) is 10.4. The molecule has 4 rings (SSSR count). The molecular formula is C21H21NO4S. The molecule has 6 heteroatoms. The number of rotatable bonds is 3. The van der Waals surface area contributed by atoms with Crippen LogP contribution in [0.1, 0.15) is 30.0 Å². The van der Waals surface area contributed by atoms with E-state index in [2.05, 4.69) is 0 Å². The Morgan fingerprint density at radius 3 is 2.56 bits per heavy atom. The summed E-state index contributed by atoms with van der Waals surface area (Å²) in [5.41, 5.74) is 2.32. The molecular weight excluding hydrogens is 362 g/mol. The van der Waals surface area contributed by atoms with Gasteiger partial charge in [0.25, 0.3) is 0 Å². The topological polar surface area (TPSA) is 63.7 Å². The number of fused-ring (bicyclic) bond motifs is 3. The molecule has 2 aliphatic rings. The summed E-state index contributed by atoms with van der Waals surface area (Å²) in [5, 5.41) is 0. The lowest BCUT2D eigenvalue weighted by Crippen LogP contribution is -2.48. The minimum absolute atomic E-state index is 0.00369. The van der Waals surface area contributed by atoms with Gasteiger partial charge in [-0.1, -0.05) is 54.1 Å². The largest absolute Gasteiger partial charge is 0.463 e. The highest BCUT2D eigenvalue weighted by atomic mass is 32.2. The summed E-state index contributed by atoms with van der Waals surface area (Å²) >= 11 is 0. The van der Waals surface area contributed by atoms with Gasteiger partial charge in [-0.15, -0.1) is 0 Å². The van der Waals surface area contributed by atoms with Gasteiger partial charge in [0, 0.05) is 12.1 Å². The van der Waals surface area contributed by atoms with E-state index in [1.807, 2.05) is 49.4 Å². The second-order valence-corrected chi connectivity index (χ2v) is 8.72. The van der Waals surface area contributed by atoms with Gasteiger partial charge in [0.1, 0.15) is 0 Å². The molecule has 0 saturated heterocycles. The summed E-state index contributed by atoms with van der Waals surface area (Å²) in [6, 6.07) is 15.0. The number of carbonyl (C=O) groups is 1. The maximum atomic E-state index is 13.3. The van der Waals surface area contributed by atoms with Crippen molar-refractivity contribution in [3.8, 4) is 0 Å². The Bertz CT molecular complexity index is 1040. The van der Waals surface area contributed by atoms with Gasteiger partial charge in [-0.3, -0.25) is 0 Å². The molecule has 0 N–H and O–H groups in total. The van der Waals surface area contributed by atoms with E-state index in [0.29, 0.717) is 16.9 Å². The van der Waals surface area contributed by atoms with Gasteiger partial charge in [-0.2, -0.15) is 4.31 Å². The van der Waals surface area contributed by atoms with E-state index in [0.717, 1.165) is 16.7 Å². The van der Waals surface area contributed by atoms with Crippen molar-refractivity contribution in [3.63, 3.8) is 0 Å². The molecule has 2 aromatic rings. The third kappa shape index (κ3) is 2.55. The van der Waals surface area contributed by atoms with E-state index in [-0.39, 0.29) is 13.2 Å². The predicted molar refractivity (Wildman–Crippen MR) is 102 cm³/mol. The van der Waals surface area contributed by atoms with Crippen LogP contribution in [0.2, 0.25) is 0 Å². The quantitative estimate of drug-likeness (QED) is 0.764. The van der Waals surface area contributed by atoms with Crippen LogP contribution in [0, 0.1) is 6.92 Å². The van der Waals surface area contributed by atoms with Crippen molar-refractivity contribution < 1.29 is 17.9 Å². The van der Waals surface area contributed by atoms with Crippen LogP contribution in [0.25, 0.3) is 0 Å². The number of nitrogens with zero attached hydrogens (tertiary/aromatic N) is 1. The number of ether oxygens (including phenoxy) is 1. The summed E-state index contributed by atoms with van der Waals surface area (Å²) in [4.78, 5) is 12.6. The summed E-state index contributed by atoms with van der Waals surface area (Å²) in [6.07, 6.45) is 2.21. The predicted octanol–water partition coefficient (Wildman–Crippen LogP) is 3.14. The lowest BCUT2D eigenvalue weighted by molar-refractivity contribution is -0.138. The Kier molecular flexibility index (Phi) is 4.20. The molecule has 1 unspecified atom stereocenters. The minimum Gasteiger partial charge on any atom is -0.463 e. The molecule has 27 heavy (non-hydrogen) atoms. The molecule has 140 valence electrons. The molecule has 0 aromatic heterocycles. The van der Waals surface area contributed by atoms with Crippen LogP contribution < -0.4 is 0 Å². The van der Waals surface area contributed by atoms with Crippen LogP contribution >= 0.6 is 0 Å². The van der Waals surface area contributed by atoms with Gasteiger partial charge in [0.05, 0.1) is 17.0 Å². The van der Waals surface area contributed by atoms with E-state index in [1.165, 1.54) is 4.31 Å². The number of sulfonamides is 1. The van der Waals surface area contributed by atoms with Crippen molar-refractivity contribution in [2.45, 2.75) is 30.7 Å². The Labute approximate surface area is 159 Å². The lowest BCUT2D eigenvalue weighted by Gasteiger charge is -2.40. The van der Waals surface area contributed by atoms with Crippen molar-refractivity contribution in [3.05, 3.63) is 76.9 Å². The third-order valence-electron chi connectivity index (χ3n) is 5.35. The van der Waals surface area contributed by atoms with Gasteiger partial charge < -0.3 is 4.74 Å². The number of esters is 1. The molecule has 0 bridgehead atoms. The van der Waals surface area contributed by atoms with Gasteiger partial charge in [0.15, 0.2) is 0 Å². The fourth-order valence-electron chi connectivity index (χ4n) is 4.03. The average Bonchev–Trinajstić information content (AvgIpc) is 2.88. The highest BCUT2D eigenvalue weighted by Gasteiger charge is 2.56. The Morgan fingerprint density at radius 1 is 1.15 bits per heavy atom. The molecule has 2 aliphatic heterocycles. The maximum absolute atomic E-state index is 13.3. The molecule has 0 radical (unpaired) electrons. The second-order valence-electron chi connectivity index (χ2n) is 6.89. The maximum Gasteiger partial charge on any atom is 0.335 e. The molecule has 0 fully saturated rings. The minimum atomic E-state index is -3.72. The first-order valence-electron chi connectivity index (χ1n) is 8.97. The molecule has 0 aliphatic carbocycles. The van der Waals surface area contributed by atoms with E-state index < -0.39 is 21.5 Å². The summed E-state index contributed by atoms with van der Waals surface area (Å²) in [5.74, 6) is -0.457. The SMILES string of the molecule is CCOC(=O)C1=CCC2(c3ccc(C)cc3)c3ccccc3S(=O)(=O)N2C1. The molecule has 5 nitrogen and oxygen atoms in total. The Morgan fingerprint density at radius 2 is 1.85 bits per heavy atom. The van der Waals surface area contributed by atoms with Gasteiger partial charge in [-0.05, 0) is 37.5 Å². The molecule has 2 aromatic carbocycles. The number of benzene rings is 2. The van der Waals surface area contributed by atoms with Gasteiger partial charge in [-0.25, -0.2) is 13.2 Å². The number of carbonyl (C=O) groups excluding carboxylic acids is 1. The Balaban J connectivity index is 1.94. The number of hydrogen-bond donors (Lipinski definition) is 0. The fraction of sp³-hybridized carbons (Fsp3) is 0.286. The van der Waals surface area contributed by atoms with Crippen molar-refractivity contribution in [1.82, 2.24) is 4.31 Å². The lowest BCUT2D eigenvalue weighted by atomic mass is 9.77. The van der Waals surface area contributed by atoms with Gasteiger partial charge in [0.2, 0.25) is 10.0 Å². The van der Waals surface area contributed by atoms with Crippen molar-refractivity contribution in [1.29, 1.82) is 0 Å². The first kappa shape index (κ1) is 17.9. The normalized spacial score (nSPS) is 23.3.